The summed E-state index contributed by atoms with van der Waals surface area (Å²) in [7, 11) is 0. The Bertz CT molecular complexity index is 417. The molecular formula is C11H13N3S. The summed E-state index contributed by atoms with van der Waals surface area (Å²) in [5.41, 5.74) is 1.36. The van der Waals surface area contributed by atoms with E-state index in [1.165, 1.54) is 15.3 Å². The van der Waals surface area contributed by atoms with Crippen LogP contribution in [0.2, 0.25) is 0 Å². The maximum Gasteiger partial charge on any atom is 0.129 e. The Morgan fingerprint density at radius 3 is 2.87 bits per heavy atom. The second kappa shape index (κ2) is 4.40. The van der Waals surface area contributed by atoms with Crippen LogP contribution in [0.1, 0.15) is 15.3 Å². The molecule has 78 valence electrons. The van der Waals surface area contributed by atoms with E-state index < -0.39 is 0 Å². The van der Waals surface area contributed by atoms with Gasteiger partial charge in [0.25, 0.3) is 0 Å². The fraction of sp³-hybridized carbons (Fsp3) is 0.273. The number of aryl methyl sites for hydroxylation is 2. The van der Waals surface area contributed by atoms with E-state index in [1.807, 2.05) is 17.4 Å². The van der Waals surface area contributed by atoms with Crippen molar-refractivity contribution in [3.05, 3.63) is 40.0 Å². The Kier molecular flexibility index (Phi) is 2.97. The third kappa shape index (κ3) is 2.53. The van der Waals surface area contributed by atoms with Crippen molar-refractivity contribution in [3.63, 3.8) is 0 Å². The average Bonchev–Trinajstić information content (AvgIpc) is 2.57. The molecule has 2 rings (SSSR count). The highest BCUT2D eigenvalue weighted by atomic mass is 32.1. The second-order valence-corrected chi connectivity index (χ2v) is 4.74. The number of anilines is 1. The summed E-state index contributed by atoms with van der Waals surface area (Å²) in [6.07, 6.45) is 3.29. The lowest BCUT2D eigenvalue weighted by molar-refractivity contribution is 1.10. The van der Waals surface area contributed by atoms with Crippen LogP contribution < -0.4 is 5.32 Å². The third-order valence-corrected chi connectivity index (χ3v) is 3.40. The van der Waals surface area contributed by atoms with Gasteiger partial charge in [-0.15, -0.1) is 11.3 Å². The second-order valence-electron chi connectivity index (χ2n) is 3.40. The number of hydrogen-bond donors (Lipinski definition) is 1. The minimum Gasteiger partial charge on any atom is -0.365 e. The van der Waals surface area contributed by atoms with Gasteiger partial charge in [-0.1, -0.05) is 0 Å². The number of nitrogens with zero attached hydrogens (tertiary/aromatic N) is 2. The van der Waals surface area contributed by atoms with Gasteiger partial charge in [0.05, 0.1) is 6.54 Å². The molecule has 0 aliphatic rings. The van der Waals surface area contributed by atoms with Crippen molar-refractivity contribution < 1.29 is 0 Å². The molecule has 0 unspecified atom stereocenters. The number of hydrogen-bond acceptors (Lipinski definition) is 4. The van der Waals surface area contributed by atoms with E-state index in [2.05, 4.69) is 35.2 Å². The number of rotatable bonds is 3. The normalized spacial score (nSPS) is 10.3. The van der Waals surface area contributed by atoms with Crippen LogP contribution >= 0.6 is 11.3 Å². The van der Waals surface area contributed by atoms with Gasteiger partial charge in [-0.2, -0.15) is 0 Å². The molecular weight excluding hydrogens is 206 g/mol. The number of thiophene rings is 1. The SMILES string of the molecule is Cc1cc(CNc2ccncn2)sc1C. The molecule has 2 aromatic heterocycles. The fourth-order valence-corrected chi connectivity index (χ4v) is 2.30. The lowest BCUT2D eigenvalue weighted by Gasteiger charge is -2.01. The molecule has 0 aliphatic heterocycles. The number of nitrogens with one attached hydrogen (secondary N) is 1. The zero-order valence-electron chi connectivity index (χ0n) is 8.82. The van der Waals surface area contributed by atoms with Gasteiger partial charge >= 0.3 is 0 Å². The van der Waals surface area contributed by atoms with Gasteiger partial charge in [-0.05, 0) is 31.5 Å². The van der Waals surface area contributed by atoms with Gasteiger partial charge in [0.1, 0.15) is 12.1 Å². The molecule has 0 spiro atoms. The van der Waals surface area contributed by atoms with Crippen LogP contribution in [-0.2, 0) is 6.54 Å². The summed E-state index contributed by atoms with van der Waals surface area (Å²) in [4.78, 5) is 10.7. The van der Waals surface area contributed by atoms with E-state index in [4.69, 9.17) is 0 Å². The first kappa shape index (κ1) is 10.1. The highest BCUT2D eigenvalue weighted by Gasteiger charge is 2.01. The molecule has 0 radical (unpaired) electrons. The van der Waals surface area contributed by atoms with Gasteiger partial charge < -0.3 is 5.32 Å². The topological polar surface area (TPSA) is 37.8 Å². The first-order valence-corrected chi connectivity index (χ1v) is 5.63. The van der Waals surface area contributed by atoms with E-state index in [0.717, 1.165) is 12.4 Å². The van der Waals surface area contributed by atoms with Crippen LogP contribution in [0.4, 0.5) is 5.82 Å². The van der Waals surface area contributed by atoms with Gasteiger partial charge in [0.15, 0.2) is 0 Å². The highest BCUT2D eigenvalue weighted by molar-refractivity contribution is 7.12. The summed E-state index contributed by atoms with van der Waals surface area (Å²) < 4.78 is 0. The van der Waals surface area contributed by atoms with Crippen LogP contribution in [0.3, 0.4) is 0 Å². The first-order chi connectivity index (χ1) is 7.25. The van der Waals surface area contributed by atoms with E-state index in [1.54, 1.807) is 12.5 Å². The monoisotopic (exact) mass is 219 g/mol. The predicted octanol–water partition coefficient (Wildman–Crippen LogP) is 2.77. The van der Waals surface area contributed by atoms with Crippen LogP contribution in [0.15, 0.2) is 24.7 Å². The number of aromatic nitrogens is 2. The van der Waals surface area contributed by atoms with Crippen LogP contribution in [0.5, 0.6) is 0 Å². The van der Waals surface area contributed by atoms with Crippen molar-refractivity contribution in [1.29, 1.82) is 0 Å². The van der Waals surface area contributed by atoms with Gasteiger partial charge in [0, 0.05) is 16.0 Å². The summed E-state index contributed by atoms with van der Waals surface area (Å²) >= 11 is 1.83. The zero-order valence-corrected chi connectivity index (χ0v) is 9.64. The summed E-state index contributed by atoms with van der Waals surface area (Å²) in [5, 5.41) is 3.26. The van der Waals surface area contributed by atoms with Crippen LogP contribution in [-0.4, -0.2) is 9.97 Å². The van der Waals surface area contributed by atoms with Crippen molar-refractivity contribution >= 4 is 17.2 Å². The van der Waals surface area contributed by atoms with E-state index >= 15 is 0 Å². The standard InChI is InChI=1S/C11H13N3S/c1-8-5-10(15-9(8)2)6-13-11-3-4-12-7-14-11/h3-5,7H,6H2,1-2H3,(H,12,13,14). The van der Waals surface area contributed by atoms with Crippen molar-refractivity contribution in [2.75, 3.05) is 5.32 Å². The lowest BCUT2D eigenvalue weighted by atomic mass is 10.3. The maximum absolute atomic E-state index is 4.11. The summed E-state index contributed by atoms with van der Waals surface area (Å²) in [6.45, 7) is 5.12. The Morgan fingerprint density at radius 2 is 2.27 bits per heavy atom. The molecule has 0 saturated heterocycles. The highest BCUT2D eigenvalue weighted by Crippen LogP contribution is 2.21. The minimum atomic E-state index is 0.830. The molecule has 0 aliphatic carbocycles. The van der Waals surface area contributed by atoms with Crippen molar-refractivity contribution in [1.82, 2.24) is 9.97 Å². The fourth-order valence-electron chi connectivity index (χ4n) is 1.31. The van der Waals surface area contributed by atoms with Crippen molar-refractivity contribution in [2.45, 2.75) is 20.4 Å². The van der Waals surface area contributed by atoms with E-state index in [-0.39, 0.29) is 0 Å². The van der Waals surface area contributed by atoms with Crippen molar-refractivity contribution in [3.8, 4) is 0 Å². The molecule has 4 heteroatoms. The van der Waals surface area contributed by atoms with E-state index in [9.17, 15) is 0 Å². The molecule has 2 heterocycles. The van der Waals surface area contributed by atoms with E-state index in [0.29, 0.717) is 0 Å². The largest absolute Gasteiger partial charge is 0.365 e. The quantitative estimate of drug-likeness (QED) is 0.862. The van der Waals surface area contributed by atoms with Gasteiger partial charge in [0.2, 0.25) is 0 Å². The first-order valence-electron chi connectivity index (χ1n) is 4.81. The molecule has 0 amide bonds. The Balaban J connectivity index is 1.99. The van der Waals surface area contributed by atoms with Crippen LogP contribution in [0, 0.1) is 13.8 Å². The molecule has 0 bridgehead atoms. The molecule has 1 N–H and O–H groups in total. The molecule has 0 atom stereocenters. The zero-order chi connectivity index (χ0) is 10.7. The third-order valence-electron chi connectivity index (χ3n) is 2.24. The summed E-state index contributed by atoms with van der Waals surface area (Å²) in [5.74, 6) is 0.869. The maximum atomic E-state index is 4.11. The Morgan fingerprint density at radius 1 is 1.40 bits per heavy atom. The molecule has 0 aromatic carbocycles. The predicted molar refractivity (Wildman–Crippen MR) is 63.2 cm³/mol. The molecule has 0 fully saturated rings. The molecule has 2 aromatic rings. The smallest absolute Gasteiger partial charge is 0.129 e. The van der Waals surface area contributed by atoms with Gasteiger partial charge in [-0.3, -0.25) is 0 Å². The van der Waals surface area contributed by atoms with Crippen LogP contribution in [0.25, 0.3) is 0 Å². The summed E-state index contributed by atoms with van der Waals surface area (Å²) in [6, 6.07) is 4.08. The Hall–Kier alpha value is -1.42. The average molecular weight is 219 g/mol. The molecule has 0 saturated carbocycles. The minimum absolute atomic E-state index is 0.830. The molecule has 3 nitrogen and oxygen atoms in total. The van der Waals surface area contributed by atoms with Crippen molar-refractivity contribution in [2.24, 2.45) is 0 Å². The molecule has 15 heavy (non-hydrogen) atoms. The Labute approximate surface area is 93.2 Å². The van der Waals surface area contributed by atoms with Gasteiger partial charge in [-0.25, -0.2) is 9.97 Å². The lowest BCUT2D eigenvalue weighted by Crippen LogP contribution is -1.99.